The van der Waals surface area contributed by atoms with Gasteiger partial charge in [-0.25, -0.2) is 0 Å². The molecule has 1 rings (SSSR count). The molecule has 0 unspecified atom stereocenters. The molecule has 0 aliphatic carbocycles. The van der Waals surface area contributed by atoms with Crippen LogP contribution >= 0.6 is 0 Å². The SMILES string of the molecule is CC(C)=C(C)c1cccnc1. The summed E-state index contributed by atoms with van der Waals surface area (Å²) < 4.78 is 0. The topological polar surface area (TPSA) is 12.9 Å². The van der Waals surface area contributed by atoms with E-state index in [1.807, 2.05) is 12.3 Å². The van der Waals surface area contributed by atoms with Gasteiger partial charge in [0.05, 0.1) is 0 Å². The van der Waals surface area contributed by atoms with Crippen molar-refractivity contribution in [1.29, 1.82) is 0 Å². The Kier molecular flexibility index (Phi) is 2.42. The zero-order chi connectivity index (χ0) is 8.27. The Bertz CT molecular complexity index is 255. The first-order chi connectivity index (χ1) is 5.22. The van der Waals surface area contributed by atoms with E-state index in [1.54, 1.807) is 6.20 Å². The minimum absolute atomic E-state index is 1.22. The molecular formula is C10H13N. The summed E-state index contributed by atoms with van der Waals surface area (Å²) in [6, 6.07) is 4.04. The predicted octanol–water partition coefficient (Wildman–Crippen LogP) is 2.89. The van der Waals surface area contributed by atoms with Gasteiger partial charge in [-0.05, 0) is 38.0 Å². The van der Waals surface area contributed by atoms with Crippen LogP contribution < -0.4 is 0 Å². The average Bonchev–Trinajstić information content (AvgIpc) is 2.05. The maximum Gasteiger partial charge on any atom is 0.0342 e. The maximum absolute atomic E-state index is 4.05. The molecule has 0 aromatic carbocycles. The largest absolute Gasteiger partial charge is 0.264 e. The van der Waals surface area contributed by atoms with Gasteiger partial charge in [0.15, 0.2) is 0 Å². The Balaban J connectivity index is 3.04. The highest BCUT2D eigenvalue weighted by atomic mass is 14.6. The van der Waals surface area contributed by atoms with Gasteiger partial charge in [0.25, 0.3) is 0 Å². The monoisotopic (exact) mass is 147 g/mol. The van der Waals surface area contributed by atoms with Crippen LogP contribution in [0.3, 0.4) is 0 Å². The summed E-state index contributed by atoms with van der Waals surface area (Å²) in [4.78, 5) is 4.05. The lowest BCUT2D eigenvalue weighted by atomic mass is 10.1. The third-order valence-corrected chi connectivity index (χ3v) is 1.84. The summed E-state index contributed by atoms with van der Waals surface area (Å²) in [5.41, 5.74) is 3.88. The van der Waals surface area contributed by atoms with Gasteiger partial charge in [-0.1, -0.05) is 11.6 Å². The van der Waals surface area contributed by atoms with E-state index >= 15 is 0 Å². The molecule has 11 heavy (non-hydrogen) atoms. The molecule has 0 amide bonds. The minimum atomic E-state index is 1.22. The fourth-order valence-electron chi connectivity index (χ4n) is 0.873. The molecule has 0 atom stereocenters. The Hall–Kier alpha value is -1.11. The van der Waals surface area contributed by atoms with Crippen LogP contribution in [0.25, 0.3) is 5.57 Å². The van der Waals surface area contributed by atoms with Crippen molar-refractivity contribution >= 4 is 5.57 Å². The van der Waals surface area contributed by atoms with Gasteiger partial charge in [0.2, 0.25) is 0 Å². The first kappa shape index (κ1) is 7.99. The van der Waals surface area contributed by atoms with Crippen LogP contribution in [0.15, 0.2) is 30.1 Å². The van der Waals surface area contributed by atoms with Crippen molar-refractivity contribution in [3.8, 4) is 0 Å². The molecule has 0 saturated carbocycles. The van der Waals surface area contributed by atoms with Gasteiger partial charge in [-0.2, -0.15) is 0 Å². The molecule has 0 bridgehead atoms. The molecular weight excluding hydrogens is 134 g/mol. The van der Waals surface area contributed by atoms with Crippen molar-refractivity contribution in [2.45, 2.75) is 20.8 Å². The molecule has 1 heteroatoms. The van der Waals surface area contributed by atoms with Crippen LogP contribution in [-0.4, -0.2) is 4.98 Å². The number of allylic oxidation sites excluding steroid dienone is 2. The van der Waals surface area contributed by atoms with Crippen LogP contribution in [0.4, 0.5) is 0 Å². The Morgan fingerprint density at radius 2 is 2.00 bits per heavy atom. The van der Waals surface area contributed by atoms with E-state index < -0.39 is 0 Å². The van der Waals surface area contributed by atoms with Gasteiger partial charge >= 0.3 is 0 Å². The zero-order valence-corrected chi connectivity index (χ0v) is 7.26. The second-order valence-corrected chi connectivity index (χ2v) is 2.87. The summed E-state index contributed by atoms with van der Waals surface area (Å²) in [6.07, 6.45) is 3.68. The zero-order valence-electron chi connectivity index (χ0n) is 7.26. The minimum Gasteiger partial charge on any atom is -0.264 e. The van der Waals surface area contributed by atoms with Crippen LogP contribution in [0.2, 0.25) is 0 Å². The summed E-state index contributed by atoms with van der Waals surface area (Å²) in [6.45, 7) is 6.34. The molecule has 0 N–H and O–H groups in total. The quantitative estimate of drug-likeness (QED) is 0.595. The van der Waals surface area contributed by atoms with Gasteiger partial charge < -0.3 is 0 Å². The number of pyridine rings is 1. The van der Waals surface area contributed by atoms with Crippen molar-refractivity contribution in [3.63, 3.8) is 0 Å². The fraction of sp³-hybridized carbons (Fsp3) is 0.300. The highest BCUT2D eigenvalue weighted by Crippen LogP contribution is 2.15. The van der Waals surface area contributed by atoms with Gasteiger partial charge in [0, 0.05) is 12.4 Å². The molecule has 0 saturated heterocycles. The standard InChI is InChI=1S/C10H13N/c1-8(2)9(3)10-5-4-6-11-7-10/h4-7H,1-3H3. The van der Waals surface area contributed by atoms with Crippen molar-refractivity contribution < 1.29 is 0 Å². The summed E-state index contributed by atoms with van der Waals surface area (Å²) in [5.74, 6) is 0. The maximum atomic E-state index is 4.05. The van der Waals surface area contributed by atoms with Crippen molar-refractivity contribution in [3.05, 3.63) is 35.7 Å². The molecule has 58 valence electrons. The third-order valence-electron chi connectivity index (χ3n) is 1.84. The van der Waals surface area contributed by atoms with E-state index in [4.69, 9.17) is 0 Å². The highest BCUT2D eigenvalue weighted by molar-refractivity contribution is 5.65. The van der Waals surface area contributed by atoms with E-state index in [9.17, 15) is 0 Å². The van der Waals surface area contributed by atoms with E-state index in [-0.39, 0.29) is 0 Å². The summed E-state index contributed by atoms with van der Waals surface area (Å²) in [5, 5.41) is 0. The number of hydrogen-bond acceptors (Lipinski definition) is 1. The molecule has 0 aliphatic rings. The normalized spacial score (nSPS) is 9.36. The van der Waals surface area contributed by atoms with Crippen LogP contribution in [0.1, 0.15) is 26.3 Å². The van der Waals surface area contributed by atoms with E-state index in [0.29, 0.717) is 0 Å². The fourth-order valence-corrected chi connectivity index (χ4v) is 0.873. The second kappa shape index (κ2) is 3.33. The predicted molar refractivity (Wildman–Crippen MR) is 48.2 cm³/mol. The number of hydrogen-bond donors (Lipinski definition) is 0. The molecule has 1 nitrogen and oxygen atoms in total. The first-order valence-corrected chi connectivity index (χ1v) is 3.76. The molecule has 0 spiro atoms. The van der Waals surface area contributed by atoms with Gasteiger partial charge in [0.1, 0.15) is 0 Å². The molecule has 1 aromatic heterocycles. The smallest absolute Gasteiger partial charge is 0.0342 e. The number of rotatable bonds is 1. The summed E-state index contributed by atoms with van der Waals surface area (Å²) >= 11 is 0. The molecule has 1 aromatic rings. The first-order valence-electron chi connectivity index (χ1n) is 3.76. The second-order valence-electron chi connectivity index (χ2n) is 2.87. The Morgan fingerprint density at radius 1 is 1.27 bits per heavy atom. The Labute approximate surface area is 67.8 Å². The molecule has 1 heterocycles. The third kappa shape index (κ3) is 1.90. The lowest BCUT2D eigenvalue weighted by Gasteiger charge is -2.01. The highest BCUT2D eigenvalue weighted by Gasteiger charge is 1.94. The Morgan fingerprint density at radius 3 is 2.45 bits per heavy atom. The van der Waals surface area contributed by atoms with E-state index in [2.05, 4.69) is 31.8 Å². The average molecular weight is 147 g/mol. The molecule has 0 fully saturated rings. The van der Waals surface area contributed by atoms with Crippen molar-refractivity contribution in [1.82, 2.24) is 4.98 Å². The number of aromatic nitrogens is 1. The molecule has 0 aliphatic heterocycles. The van der Waals surface area contributed by atoms with Gasteiger partial charge in [-0.3, -0.25) is 4.98 Å². The number of nitrogens with zero attached hydrogens (tertiary/aromatic N) is 1. The van der Waals surface area contributed by atoms with Crippen molar-refractivity contribution in [2.75, 3.05) is 0 Å². The van der Waals surface area contributed by atoms with Crippen molar-refractivity contribution in [2.24, 2.45) is 0 Å². The van der Waals surface area contributed by atoms with Crippen LogP contribution in [0.5, 0.6) is 0 Å². The van der Waals surface area contributed by atoms with Crippen LogP contribution in [-0.2, 0) is 0 Å². The van der Waals surface area contributed by atoms with E-state index in [1.165, 1.54) is 16.7 Å². The van der Waals surface area contributed by atoms with Gasteiger partial charge in [-0.15, -0.1) is 0 Å². The van der Waals surface area contributed by atoms with E-state index in [0.717, 1.165) is 0 Å². The molecule has 0 radical (unpaired) electrons. The van der Waals surface area contributed by atoms with Crippen LogP contribution in [0, 0.1) is 0 Å². The lowest BCUT2D eigenvalue weighted by molar-refractivity contribution is 1.28. The lowest BCUT2D eigenvalue weighted by Crippen LogP contribution is -1.82. The summed E-state index contributed by atoms with van der Waals surface area (Å²) in [7, 11) is 0.